The predicted molar refractivity (Wildman–Crippen MR) is 62.4 cm³/mol. The van der Waals surface area contributed by atoms with E-state index in [-0.39, 0.29) is 6.61 Å². The molecule has 0 radical (unpaired) electrons. The van der Waals surface area contributed by atoms with E-state index in [0.29, 0.717) is 6.54 Å². The minimum absolute atomic E-state index is 0.174. The fraction of sp³-hybridized carbons (Fsp3) is 0.250. The van der Waals surface area contributed by atoms with Crippen LogP contribution in [-0.4, -0.2) is 27.8 Å². The van der Waals surface area contributed by atoms with Gasteiger partial charge in [-0.15, -0.1) is 0 Å². The van der Waals surface area contributed by atoms with Gasteiger partial charge in [0.15, 0.2) is 0 Å². The fourth-order valence-corrected chi connectivity index (χ4v) is 1.51. The summed E-state index contributed by atoms with van der Waals surface area (Å²) >= 11 is 0. The molecule has 0 aliphatic rings. The Hall–Kier alpha value is -1.65. The highest BCUT2D eigenvalue weighted by Crippen LogP contribution is 2.08. The monoisotopic (exact) mass is 217 g/mol. The molecule has 0 saturated carbocycles. The van der Waals surface area contributed by atoms with Gasteiger partial charge in [0.05, 0.1) is 12.9 Å². The van der Waals surface area contributed by atoms with Crippen molar-refractivity contribution >= 4 is 0 Å². The van der Waals surface area contributed by atoms with E-state index in [1.54, 1.807) is 12.5 Å². The van der Waals surface area contributed by atoms with Crippen LogP contribution in [0, 0.1) is 0 Å². The van der Waals surface area contributed by atoms with Crippen LogP contribution in [-0.2, 0) is 6.54 Å². The van der Waals surface area contributed by atoms with Crippen molar-refractivity contribution in [3.8, 4) is 5.69 Å². The zero-order chi connectivity index (χ0) is 11.2. The first-order valence-corrected chi connectivity index (χ1v) is 5.29. The van der Waals surface area contributed by atoms with Gasteiger partial charge >= 0.3 is 0 Å². The molecule has 0 unspecified atom stereocenters. The molecule has 16 heavy (non-hydrogen) atoms. The molecule has 0 atom stereocenters. The van der Waals surface area contributed by atoms with Crippen LogP contribution in [0.25, 0.3) is 5.69 Å². The molecule has 2 aromatic rings. The number of aliphatic hydroxyl groups excluding tert-OH is 1. The highest BCUT2D eigenvalue weighted by Gasteiger charge is 1.96. The Morgan fingerprint density at radius 3 is 2.69 bits per heavy atom. The summed E-state index contributed by atoms with van der Waals surface area (Å²) < 4.78 is 1.96. The lowest BCUT2D eigenvalue weighted by Crippen LogP contribution is -2.17. The van der Waals surface area contributed by atoms with Crippen molar-refractivity contribution in [1.82, 2.24) is 14.9 Å². The first-order chi connectivity index (χ1) is 7.90. The van der Waals surface area contributed by atoms with Gasteiger partial charge in [0.25, 0.3) is 0 Å². The average molecular weight is 217 g/mol. The van der Waals surface area contributed by atoms with Crippen LogP contribution in [0.3, 0.4) is 0 Å². The maximum atomic E-state index is 8.64. The third kappa shape index (κ3) is 2.68. The molecule has 1 aromatic carbocycles. The van der Waals surface area contributed by atoms with Crippen LogP contribution in [0.5, 0.6) is 0 Å². The molecule has 1 heterocycles. The van der Waals surface area contributed by atoms with Gasteiger partial charge in [0.2, 0.25) is 0 Å². The number of rotatable bonds is 5. The molecule has 0 amide bonds. The molecular weight excluding hydrogens is 202 g/mol. The molecule has 4 heteroatoms. The van der Waals surface area contributed by atoms with Crippen molar-refractivity contribution in [3.05, 3.63) is 48.5 Å². The van der Waals surface area contributed by atoms with Gasteiger partial charge in [0, 0.05) is 31.2 Å². The van der Waals surface area contributed by atoms with E-state index in [1.165, 1.54) is 5.56 Å². The predicted octanol–water partition coefficient (Wildman–Crippen LogP) is 0.954. The molecule has 0 bridgehead atoms. The second kappa shape index (κ2) is 5.44. The van der Waals surface area contributed by atoms with Gasteiger partial charge < -0.3 is 15.0 Å². The lowest BCUT2D eigenvalue weighted by atomic mass is 10.2. The van der Waals surface area contributed by atoms with Crippen molar-refractivity contribution in [3.63, 3.8) is 0 Å². The van der Waals surface area contributed by atoms with E-state index in [9.17, 15) is 0 Å². The van der Waals surface area contributed by atoms with Crippen molar-refractivity contribution in [1.29, 1.82) is 0 Å². The van der Waals surface area contributed by atoms with E-state index < -0.39 is 0 Å². The van der Waals surface area contributed by atoms with Gasteiger partial charge in [-0.1, -0.05) is 12.1 Å². The van der Waals surface area contributed by atoms with Crippen LogP contribution >= 0.6 is 0 Å². The molecule has 2 N–H and O–H groups in total. The summed E-state index contributed by atoms with van der Waals surface area (Å²) in [6.07, 6.45) is 5.45. The first-order valence-electron chi connectivity index (χ1n) is 5.29. The number of benzene rings is 1. The quantitative estimate of drug-likeness (QED) is 0.733. The summed E-state index contributed by atoms with van der Waals surface area (Å²) in [6, 6.07) is 8.24. The van der Waals surface area contributed by atoms with Gasteiger partial charge in [-0.3, -0.25) is 0 Å². The maximum absolute atomic E-state index is 8.64. The Morgan fingerprint density at radius 1 is 1.25 bits per heavy atom. The van der Waals surface area contributed by atoms with E-state index in [4.69, 9.17) is 5.11 Å². The van der Waals surface area contributed by atoms with Crippen molar-refractivity contribution in [2.24, 2.45) is 0 Å². The number of aromatic nitrogens is 2. The zero-order valence-corrected chi connectivity index (χ0v) is 9.00. The van der Waals surface area contributed by atoms with Crippen LogP contribution in [0.15, 0.2) is 43.0 Å². The zero-order valence-electron chi connectivity index (χ0n) is 9.00. The second-order valence-electron chi connectivity index (χ2n) is 3.54. The molecular formula is C12H15N3O. The van der Waals surface area contributed by atoms with Gasteiger partial charge in [-0.25, -0.2) is 4.98 Å². The topological polar surface area (TPSA) is 50.1 Å². The summed E-state index contributed by atoms with van der Waals surface area (Å²) in [5.41, 5.74) is 2.31. The SMILES string of the molecule is OCCNCc1ccc(-n2ccnc2)cc1. The van der Waals surface area contributed by atoms with Gasteiger partial charge in [-0.05, 0) is 17.7 Å². The molecule has 1 aromatic heterocycles. The van der Waals surface area contributed by atoms with Gasteiger partial charge in [0.1, 0.15) is 0 Å². The summed E-state index contributed by atoms with van der Waals surface area (Å²) in [4.78, 5) is 4.00. The van der Waals surface area contributed by atoms with Crippen LogP contribution < -0.4 is 5.32 Å². The second-order valence-corrected chi connectivity index (χ2v) is 3.54. The molecule has 0 aliphatic heterocycles. The Morgan fingerprint density at radius 2 is 2.06 bits per heavy atom. The summed E-state index contributed by atoms with van der Waals surface area (Å²) in [5.74, 6) is 0. The average Bonchev–Trinajstić information content (AvgIpc) is 2.84. The third-order valence-electron chi connectivity index (χ3n) is 2.36. The highest BCUT2D eigenvalue weighted by molar-refractivity contribution is 5.34. The normalized spacial score (nSPS) is 10.6. The molecule has 84 valence electrons. The van der Waals surface area contributed by atoms with Crippen molar-refractivity contribution < 1.29 is 5.11 Å². The molecule has 0 saturated heterocycles. The van der Waals surface area contributed by atoms with E-state index in [2.05, 4.69) is 34.6 Å². The Balaban J connectivity index is 2.00. The third-order valence-corrected chi connectivity index (χ3v) is 2.36. The van der Waals surface area contributed by atoms with E-state index in [0.717, 1.165) is 12.2 Å². The fourth-order valence-electron chi connectivity index (χ4n) is 1.51. The number of nitrogens with zero attached hydrogens (tertiary/aromatic N) is 2. The molecule has 0 fully saturated rings. The Bertz CT molecular complexity index is 408. The number of aliphatic hydroxyl groups is 1. The minimum atomic E-state index is 0.174. The van der Waals surface area contributed by atoms with Crippen molar-refractivity contribution in [2.75, 3.05) is 13.2 Å². The van der Waals surface area contributed by atoms with Crippen LogP contribution in [0.2, 0.25) is 0 Å². The summed E-state index contributed by atoms with van der Waals surface area (Å²) in [5, 5.41) is 11.8. The van der Waals surface area contributed by atoms with Crippen molar-refractivity contribution in [2.45, 2.75) is 6.54 Å². The molecule has 0 spiro atoms. The smallest absolute Gasteiger partial charge is 0.0991 e. The van der Waals surface area contributed by atoms with Gasteiger partial charge in [-0.2, -0.15) is 0 Å². The lowest BCUT2D eigenvalue weighted by Gasteiger charge is -2.05. The summed E-state index contributed by atoms with van der Waals surface area (Å²) in [6.45, 7) is 1.58. The van der Waals surface area contributed by atoms with Crippen LogP contribution in [0.4, 0.5) is 0 Å². The molecule has 0 aliphatic carbocycles. The summed E-state index contributed by atoms with van der Waals surface area (Å²) in [7, 11) is 0. The Labute approximate surface area is 94.6 Å². The Kier molecular flexibility index (Phi) is 3.69. The standard InChI is InChI=1S/C12H15N3O/c16-8-6-13-9-11-1-3-12(4-2-11)15-7-5-14-10-15/h1-5,7,10,13,16H,6,8-9H2. The first kappa shape index (κ1) is 10.9. The largest absolute Gasteiger partial charge is 0.395 e. The number of nitrogens with one attached hydrogen (secondary N) is 1. The number of hydrogen-bond donors (Lipinski definition) is 2. The van der Waals surface area contributed by atoms with E-state index in [1.807, 2.05) is 10.8 Å². The maximum Gasteiger partial charge on any atom is 0.0991 e. The number of hydrogen-bond acceptors (Lipinski definition) is 3. The number of imidazole rings is 1. The minimum Gasteiger partial charge on any atom is -0.395 e. The van der Waals surface area contributed by atoms with E-state index >= 15 is 0 Å². The van der Waals surface area contributed by atoms with Crippen LogP contribution in [0.1, 0.15) is 5.56 Å². The molecule has 2 rings (SSSR count). The highest BCUT2D eigenvalue weighted by atomic mass is 16.3. The molecule has 4 nitrogen and oxygen atoms in total. The lowest BCUT2D eigenvalue weighted by molar-refractivity contribution is 0.292.